The normalized spacial score (nSPS) is 13.1. The van der Waals surface area contributed by atoms with Crippen LogP contribution in [0.25, 0.3) is 0 Å². The highest BCUT2D eigenvalue weighted by atomic mass is 16.3. The van der Waals surface area contributed by atoms with E-state index < -0.39 is 0 Å². The molecule has 1 N–H and O–H groups in total. The van der Waals surface area contributed by atoms with Crippen LogP contribution in [0, 0.1) is 0 Å². The highest BCUT2D eigenvalue weighted by Crippen LogP contribution is 2.18. The van der Waals surface area contributed by atoms with Crippen molar-refractivity contribution in [3.05, 3.63) is 24.2 Å². The van der Waals surface area contributed by atoms with E-state index >= 15 is 0 Å². The highest BCUT2D eigenvalue weighted by Gasteiger charge is 2.14. The van der Waals surface area contributed by atoms with Crippen molar-refractivity contribution in [2.24, 2.45) is 0 Å². The Morgan fingerprint density at radius 2 is 1.68 bits per heavy atom. The minimum absolute atomic E-state index is 0.322. The van der Waals surface area contributed by atoms with Gasteiger partial charge in [-0.15, -0.1) is 0 Å². The van der Waals surface area contributed by atoms with E-state index in [0.29, 0.717) is 12.1 Å². The summed E-state index contributed by atoms with van der Waals surface area (Å²) in [6.45, 7) is 6.74. The molecule has 19 heavy (non-hydrogen) atoms. The molecule has 1 aromatic rings. The predicted octanol–water partition coefficient (Wildman–Crippen LogP) is 5.46. The largest absolute Gasteiger partial charge is 0.468 e. The number of hydrogen-bond acceptors (Lipinski definition) is 2. The van der Waals surface area contributed by atoms with Crippen molar-refractivity contribution in [2.75, 3.05) is 0 Å². The maximum absolute atomic E-state index is 5.48. The van der Waals surface area contributed by atoms with Crippen molar-refractivity contribution in [3.63, 3.8) is 0 Å². The monoisotopic (exact) mass is 265 g/mol. The molecule has 1 aromatic heterocycles. The zero-order valence-electron chi connectivity index (χ0n) is 13.0. The smallest absolute Gasteiger partial charge is 0.120 e. The van der Waals surface area contributed by atoms with Crippen molar-refractivity contribution in [1.29, 1.82) is 0 Å². The Morgan fingerprint density at radius 3 is 2.16 bits per heavy atom. The second-order valence-corrected chi connectivity index (χ2v) is 5.59. The second-order valence-electron chi connectivity index (χ2n) is 5.59. The third-order valence-corrected chi connectivity index (χ3v) is 3.77. The predicted molar refractivity (Wildman–Crippen MR) is 82.3 cm³/mol. The minimum Gasteiger partial charge on any atom is -0.468 e. The summed E-state index contributed by atoms with van der Waals surface area (Å²) in [6.07, 6.45) is 12.3. The number of furan rings is 1. The Hall–Kier alpha value is -0.760. The molecule has 0 aliphatic rings. The summed E-state index contributed by atoms with van der Waals surface area (Å²) in [7, 11) is 0. The molecule has 1 unspecified atom stereocenters. The average Bonchev–Trinajstić information content (AvgIpc) is 2.93. The van der Waals surface area contributed by atoms with Gasteiger partial charge in [-0.2, -0.15) is 0 Å². The number of hydrogen-bond donors (Lipinski definition) is 1. The first-order chi connectivity index (χ1) is 9.27. The van der Waals surface area contributed by atoms with Gasteiger partial charge < -0.3 is 9.73 Å². The second kappa shape index (κ2) is 10.1. The molecule has 2 nitrogen and oxygen atoms in total. The molecule has 0 aliphatic heterocycles. The summed E-state index contributed by atoms with van der Waals surface area (Å²) in [5.74, 6) is 1.05. The van der Waals surface area contributed by atoms with E-state index in [1.165, 1.54) is 51.4 Å². The number of nitrogens with one attached hydrogen (secondary N) is 1. The molecular formula is C17H31NO. The van der Waals surface area contributed by atoms with Crippen LogP contribution in [0.4, 0.5) is 0 Å². The van der Waals surface area contributed by atoms with Gasteiger partial charge in [0.1, 0.15) is 5.76 Å². The van der Waals surface area contributed by atoms with Gasteiger partial charge in [0.2, 0.25) is 0 Å². The first-order valence-electron chi connectivity index (χ1n) is 8.07. The lowest BCUT2D eigenvalue weighted by molar-refractivity contribution is 0.349. The van der Waals surface area contributed by atoms with Crippen LogP contribution < -0.4 is 5.32 Å². The molecule has 0 radical (unpaired) electrons. The SMILES string of the molecule is CCCCCC(CCCCC)NC(C)c1ccco1. The van der Waals surface area contributed by atoms with E-state index in [0.717, 1.165) is 5.76 Å². The van der Waals surface area contributed by atoms with Crippen molar-refractivity contribution in [1.82, 2.24) is 5.32 Å². The lowest BCUT2D eigenvalue weighted by Gasteiger charge is -2.22. The molecule has 0 saturated carbocycles. The van der Waals surface area contributed by atoms with Gasteiger partial charge in [-0.3, -0.25) is 0 Å². The van der Waals surface area contributed by atoms with Crippen LogP contribution in [0.2, 0.25) is 0 Å². The van der Waals surface area contributed by atoms with Gasteiger partial charge in [-0.1, -0.05) is 52.4 Å². The fraction of sp³-hybridized carbons (Fsp3) is 0.765. The van der Waals surface area contributed by atoms with E-state index in [1.54, 1.807) is 6.26 Å². The summed E-state index contributed by atoms with van der Waals surface area (Å²) in [5, 5.41) is 3.74. The van der Waals surface area contributed by atoms with E-state index in [-0.39, 0.29) is 0 Å². The van der Waals surface area contributed by atoms with Gasteiger partial charge in [-0.05, 0) is 31.9 Å². The van der Waals surface area contributed by atoms with Crippen molar-refractivity contribution < 1.29 is 4.42 Å². The fourth-order valence-electron chi connectivity index (χ4n) is 2.57. The Kier molecular flexibility index (Phi) is 8.64. The first-order valence-corrected chi connectivity index (χ1v) is 8.07. The van der Waals surface area contributed by atoms with E-state index in [9.17, 15) is 0 Å². The van der Waals surface area contributed by atoms with Gasteiger partial charge in [-0.25, -0.2) is 0 Å². The van der Waals surface area contributed by atoms with Crippen LogP contribution in [0.3, 0.4) is 0 Å². The molecule has 0 fully saturated rings. The summed E-state index contributed by atoms with van der Waals surface area (Å²) in [4.78, 5) is 0. The topological polar surface area (TPSA) is 25.2 Å². The van der Waals surface area contributed by atoms with Gasteiger partial charge in [0, 0.05) is 6.04 Å². The molecule has 1 rings (SSSR count). The van der Waals surface area contributed by atoms with E-state index in [4.69, 9.17) is 4.42 Å². The van der Waals surface area contributed by atoms with Gasteiger partial charge >= 0.3 is 0 Å². The summed E-state index contributed by atoms with van der Waals surface area (Å²) in [6, 6.07) is 4.99. The Labute approximate surface area is 119 Å². The van der Waals surface area contributed by atoms with E-state index in [1.807, 2.05) is 6.07 Å². The molecule has 1 heterocycles. The Balaban J connectivity index is 2.37. The Bertz CT molecular complexity index is 284. The van der Waals surface area contributed by atoms with Crippen LogP contribution in [-0.2, 0) is 0 Å². The van der Waals surface area contributed by atoms with Gasteiger partial charge in [0.25, 0.3) is 0 Å². The number of unbranched alkanes of at least 4 members (excludes halogenated alkanes) is 4. The highest BCUT2D eigenvalue weighted by molar-refractivity contribution is 5.03. The van der Waals surface area contributed by atoms with E-state index in [2.05, 4.69) is 32.2 Å². The molecule has 0 aliphatic carbocycles. The Morgan fingerprint density at radius 1 is 1.05 bits per heavy atom. The van der Waals surface area contributed by atoms with Crippen molar-refractivity contribution in [2.45, 2.75) is 84.2 Å². The molecule has 110 valence electrons. The molecular weight excluding hydrogens is 234 g/mol. The summed E-state index contributed by atoms with van der Waals surface area (Å²) in [5.41, 5.74) is 0. The standard InChI is InChI=1S/C17H31NO/c1-4-6-8-11-16(12-9-7-5-2)18-15(3)17-13-10-14-19-17/h10,13-16,18H,4-9,11-12H2,1-3H3. The van der Waals surface area contributed by atoms with Crippen LogP contribution in [0.1, 0.15) is 83.9 Å². The molecule has 0 bridgehead atoms. The van der Waals surface area contributed by atoms with Crippen molar-refractivity contribution >= 4 is 0 Å². The lowest BCUT2D eigenvalue weighted by Crippen LogP contribution is -2.31. The zero-order chi connectivity index (χ0) is 13.9. The molecule has 2 heteroatoms. The molecule has 0 amide bonds. The minimum atomic E-state index is 0.322. The number of rotatable bonds is 11. The van der Waals surface area contributed by atoms with Crippen LogP contribution >= 0.6 is 0 Å². The van der Waals surface area contributed by atoms with Crippen LogP contribution in [-0.4, -0.2) is 6.04 Å². The fourth-order valence-corrected chi connectivity index (χ4v) is 2.57. The summed E-state index contributed by atoms with van der Waals surface area (Å²) < 4.78 is 5.48. The maximum Gasteiger partial charge on any atom is 0.120 e. The molecule has 0 spiro atoms. The quantitative estimate of drug-likeness (QED) is 0.537. The molecule has 1 atom stereocenters. The van der Waals surface area contributed by atoms with Crippen LogP contribution in [0.5, 0.6) is 0 Å². The molecule has 0 saturated heterocycles. The first kappa shape index (κ1) is 16.3. The average molecular weight is 265 g/mol. The summed E-state index contributed by atoms with van der Waals surface area (Å²) >= 11 is 0. The lowest BCUT2D eigenvalue weighted by atomic mass is 10.0. The van der Waals surface area contributed by atoms with Crippen LogP contribution in [0.15, 0.2) is 22.8 Å². The molecule has 0 aromatic carbocycles. The van der Waals surface area contributed by atoms with Gasteiger partial charge in [0.15, 0.2) is 0 Å². The van der Waals surface area contributed by atoms with Crippen molar-refractivity contribution in [3.8, 4) is 0 Å². The maximum atomic E-state index is 5.48. The van der Waals surface area contributed by atoms with Gasteiger partial charge in [0.05, 0.1) is 12.3 Å². The third-order valence-electron chi connectivity index (χ3n) is 3.77. The third kappa shape index (κ3) is 6.81. The zero-order valence-corrected chi connectivity index (χ0v) is 13.0.